The van der Waals surface area contributed by atoms with Crippen LogP contribution in [0.3, 0.4) is 0 Å². The largest absolute Gasteiger partial charge is 0.496 e. The van der Waals surface area contributed by atoms with Crippen molar-refractivity contribution < 1.29 is 18.8 Å². The van der Waals surface area contributed by atoms with E-state index in [9.17, 15) is 19.3 Å². The molecule has 0 atom stereocenters. The lowest BCUT2D eigenvalue weighted by Crippen LogP contribution is -2.21. The number of hydrogen-bond acceptors (Lipinski definition) is 7. The molecule has 5 aromatic rings. The van der Waals surface area contributed by atoms with E-state index >= 15 is 0 Å². The van der Waals surface area contributed by atoms with Crippen LogP contribution in [0.1, 0.15) is 42.0 Å². The molecule has 0 unspecified atom stereocenters. The first-order valence-electron chi connectivity index (χ1n) is 13.6. The molecule has 0 aliphatic rings. The Bertz CT molecular complexity index is 1920. The molecule has 0 saturated heterocycles. The van der Waals surface area contributed by atoms with E-state index in [-0.39, 0.29) is 29.5 Å². The molecule has 0 N–H and O–H groups in total. The smallest absolute Gasteiger partial charge is 0.311 e. The molecule has 0 saturated carbocycles. The summed E-state index contributed by atoms with van der Waals surface area (Å²) >= 11 is 0. The second-order valence-corrected chi connectivity index (χ2v) is 10.2. The van der Waals surface area contributed by atoms with Crippen molar-refractivity contribution in [2.45, 2.75) is 33.3 Å². The highest BCUT2D eigenvalue weighted by Gasteiger charge is 2.21. The molecule has 43 heavy (non-hydrogen) atoms. The molecular formula is C33H29FN4O5. The third-order valence-corrected chi connectivity index (χ3v) is 7.02. The molecule has 4 aromatic carbocycles. The molecule has 0 amide bonds. The van der Waals surface area contributed by atoms with Crippen LogP contribution < -0.4 is 15.0 Å². The van der Waals surface area contributed by atoms with Crippen molar-refractivity contribution in [3.63, 3.8) is 0 Å². The van der Waals surface area contributed by atoms with Gasteiger partial charge < -0.3 is 9.47 Å². The number of benzene rings is 4. The summed E-state index contributed by atoms with van der Waals surface area (Å²) in [6.45, 7) is 5.95. The molecular weight excluding hydrogens is 551 g/mol. The molecule has 0 aliphatic carbocycles. The second-order valence-electron chi connectivity index (χ2n) is 10.2. The number of methoxy groups -OCH3 is 1. The van der Waals surface area contributed by atoms with Crippen LogP contribution in [0.25, 0.3) is 22.3 Å². The summed E-state index contributed by atoms with van der Waals surface area (Å²) < 4.78 is 26.0. The van der Waals surface area contributed by atoms with Gasteiger partial charge in [0.1, 0.15) is 18.2 Å². The Kier molecular flexibility index (Phi) is 8.29. The second kappa shape index (κ2) is 12.2. The molecule has 0 bridgehead atoms. The average molecular weight is 581 g/mol. The van der Waals surface area contributed by atoms with E-state index in [4.69, 9.17) is 14.5 Å². The minimum Gasteiger partial charge on any atom is -0.496 e. The number of aromatic nitrogens is 2. The predicted octanol–water partition coefficient (Wildman–Crippen LogP) is 7.01. The van der Waals surface area contributed by atoms with Crippen LogP contribution >= 0.6 is 0 Å². The monoisotopic (exact) mass is 580 g/mol. The number of fused-ring (bicyclic) bond motifs is 1. The molecule has 0 aliphatic heterocycles. The highest BCUT2D eigenvalue weighted by atomic mass is 19.1. The fourth-order valence-corrected chi connectivity index (χ4v) is 4.77. The van der Waals surface area contributed by atoms with E-state index in [1.54, 1.807) is 37.4 Å². The Hall–Kier alpha value is -5.38. The van der Waals surface area contributed by atoms with Crippen LogP contribution in [-0.4, -0.2) is 27.9 Å². The minimum absolute atomic E-state index is 0.0355. The van der Waals surface area contributed by atoms with E-state index in [1.807, 2.05) is 32.9 Å². The summed E-state index contributed by atoms with van der Waals surface area (Å²) in [5.41, 5.74) is 3.18. The first kappa shape index (κ1) is 29.1. The first-order valence-corrected chi connectivity index (χ1v) is 13.6. The number of para-hydroxylation sites is 2. The SMILES string of the molecule is COc1cc(C)c(-c2nc3ccccc3c(=O)n2N=Cc2cccc([N+](=O)[O-])c2OCc2ccc(F)cc2)cc1C(C)C. The number of halogens is 1. The normalized spacial score (nSPS) is 11.4. The van der Waals surface area contributed by atoms with Gasteiger partial charge in [-0.05, 0) is 72.0 Å². The van der Waals surface area contributed by atoms with E-state index in [0.717, 1.165) is 16.9 Å². The van der Waals surface area contributed by atoms with Crippen LogP contribution in [0, 0.1) is 22.9 Å². The van der Waals surface area contributed by atoms with Gasteiger partial charge >= 0.3 is 5.69 Å². The predicted molar refractivity (Wildman–Crippen MR) is 164 cm³/mol. The quantitative estimate of drug-likeness (QED) is 0.105. The maximum atomic E-state index is 13.8. The zero-order valence-electron chi connectivity index (χ0n) is 24.1. The number of ether oxygens (including phenoxy) is 2. The Labute approximate surface area is 247 Å². The third-order valence-electron chi connectivity index (χ3n) is 7.02. The van der Waals surface area contributed by atoms with Gasteiger partial charge in [0.2, 0.25) is 5.75 Å². The number of hydrogen-bond donors (Lipinski definition) is 0. The van der Waals surface area contributed by atoms with Crippen molar-refractivity contribution in [1.82, 2.24) is 9.66 Å². The Morgan fingerprint density at radius 1 is 1.07 bits per heavy atom. The summed E-state index contributed by atoms with van der Waals surface area (Å²) in [6, 6.07) is 20.9. The van der Waals surface area contributed by atoms with Crippen molar-refractivity contribution >= 4 is 22.8 Å². The zero-order valence-corrected chi connectivity index (χ0v) is 24.1. The molecule has 9 nitrogen and oxygen atoms in total. The average Bonchev–Trinajstić information content (AvgIpc) is 3.00. The number of nitrogens with zero attached hydrogens (tertiary/aromatic N) is 4. The van der Waals surface area contributed by atoms with Crippen molar-refractivity contribution in [3.8, 4) is 22.9 Å². The summed E-state index contributed by atoms with van der Waals surface area (Å²) in [5, 5.41) is 16.8. The highest BCUT2D eigenvalue weighted by Crippen LogP contribution is 2.34. The van der Waals surface area contributed by atoms with Gasteiger partial charge in [0.25, 0.3) is 5.56 Å². The highest BCUT2D eigenvalue weighted by molar-refractivity contribution is 5.86. The van der Waals surface area contributed by atoms with E-state index in [2.05, 4.69) is 5.10 Å². The van der Waals surface area contributed by atoms with E-state index in [0.29, 0.717) is 27.9 Å². The maximum Gasteiger partial charge on any atom is 0.311 e. The molecule has 0 fully saturated rings. The summed E-state index contributed by atoms with van der Waals surface area (Å²) in [6.07, 6.45) is 1.34. The van der Waals surface area contributed by atoms with Gasteiger partial charge in [-0.2, -0.15) is 9.78 Å². The van der Waals surface area contributed by atoms with E-state index in [1.165, 1.54) is 47.3 Å². The van der Waals surface area contributed by atoms with Gasteiger partial charge in [0, 0.05) is 17.2 Å². The van der Waals surface area contributed by atoms with Crippen LogP contribution in [-0.2, 0) is 6.61 Å². The fraction of sp³-hybridized carbons (Fsp3) is 0.182. The maximum absolute atomic E-state index is 13.8. The Morgan fingerprint density at radius 2 is 1.81 bits per heavy atom. The molecule has 1 heterocycles. The van der Waals surface area contributed by atoms with Gasteiger partial charge in [0.05, 0.1) is 29.2 Å². The van der Waals surface area contributed by atoms with Gasteiger partial charge in [-0.25, -0.2) is 9.37 Å². The molecule has 1 aromatic heterocycles. The minimum atomic E-state index is -0.555. The lowest BCUT2D eigenvalue weighted by atomic mass is 9.96. The number of aryl methyl sites for hydroxylation is 1. The summed E-state index contributed by atoms with van der Waals surface area (Å²) in [5.74, 6) is 0.728. The molecule has 5 rings (SSSR count). The van der Waals surface area contributed by atoms with Crippen LogP contribution in [0.2, 0.25) is 0 Å². The van der Waals surface area contributed by atoms with Gasteiger partial charge in [-0.1, -0.05) is 44.2 Å². The third kappa shape index (κ3) is 5.99. The molecule has 218 valence electrons. The summed E-state index contributed by atoms with van der Waals surface area (Å²) in [4.78, 5) is 30.0. The van der Waals surface area contributed by atoms with Crippen LogP contribution in [0.4, 0.5) is 10.1 Å². The summed E-state index contributed by atoms with van der Waals surface area (Å²) in [7, 11) is 1.61. The molecule has 0 radical (unpaired) electrons. The van der Waals surface area contributed by atoms with Crippen molar-refractivity contribution in [2.75, 3.05) is 7.11 Å². The fourth-order valence-electron chi connectivity index (χ4n) is 4.77. The van der Waals surface area contributed by atoms with E-state index < -0.39 is 16.3 Å². The van der Waals surface area contributed by atoms with Crippen molar-refractivity contribution in [3.05, 3.63) is 127 Å². The Morgan fingerprint density at radius 3 is 2.51 bits per heavy atom. The molecule has 0 spiro atoms. The lowest BCUT2D eigenvalue weighted by molar-refractivity contribution is -0.385. The van der Waals surface area contributed by atoms with Crippen LogP contribution in [0.15, 0.2) is 88.8 Å². The first-order chi connectivity index (χ1) is 20.7. The van der Waals surface area contributed by atoms with Gasteiger partial charge in [-0.3, -0.25) is 14.9 Å². The van der Waals surface area contributed by atoms with Crippen molar-refractivity contribution in [1.29, 1.82) is 0 Å². The topological polar surface area (TPSA) is 109 Å². The number of rotatable bonds is 9. The zero-order chi connectivity index (χ0) is 30.7. The van der Waals surface area contributed by atoms with Crippen LogP contribution in [0.5, 0.6) is 11.5 Å². The van der Waals surface area contributed by atoms with Crippen molar-refractivity contribution in [2.24, 2.45) is 5.10 Å². The number of nitro benzene ring substituents is 1. The van der Waals surface area contributed by atoms with Gasteiger partial charge in [-0.15, -0.1) is 0 Å². The van der Waals surface area contributed by atoms with Gasteiger partial charge in [0.15, 0.2) is 5.82 Å². The Balaban J connectivity index is 1.67. The molecule has 10 heteroatoms. The standard InChI is InChI=1S/C33H29FN4O5/c1-20(2)26-17-27(21(3)16-30(26)42-4)32-36-28-10-6-5-9-25(28)33(39)37(32)35-18-23-8-7-11-29(38(40)41)31(23)43-19-22-12-14-24(34)15-13-22/h5-18,20H,19H2,1-4H3. The lowest BCUT2D eigenvalue weighted by Gasteiger charge is -2.17. The number of nitro groups is 1.